The summed E-state index contributed by atoms with van der Waals surface area (Å²) in [6.45, 7) is 3.41. The van der Waals surface area contributed by atoms with Gasteiger partial charge in [0.25, 0.3) is 0 Å². The Balaban J connectivity index is 4.80. The molecule has 0 unspecified atom stereocenters. The molecule has 0 aromatic heterocycles. The van der Waals surface area contributed by atoms with Crippen molar-refractivity contribution in [2.75, 3.05) is 0 Å². The topological polar surface area (TPSA) is 86.3 Å². The first-order valence-electron chi connectivity index (χ1n) is 4.30. The normalized spacial score (nSPS) is 11.2. The van der Waals surface area contributed by atoms with Crippen LogP contribution in [0, 0.1) is 20.2 Å². The molecule has 0 N–H and O–H groups in total. The maximum atomic E-state index is 10.6. The predicted octanol–water partition coefficient (Wildman–Crippen LogP) is 1.84. The molecule has 0 atom stereocenters. The van der Waals surface area contributed by atoms with Gasteiger partial charge in [-0.3, -0.25) is 20.2 Å². The van der Waals surface area contributed by atoms with Gasteiger partial charge in [-0.15, -0.1) is 0 Å². The van der Waals surface area contributed by atoms with Gasteiger partial charge in [0.2, 0.25) is 0 Å². The van der Waals surface area contributed by atoms with E-state index in [1.165, 1.54) is 0 Å². The number of nitro groups is 2. The van der Waals surface area contributed by atoms with Crippen LogP contribution in [-0.2, 0) is 0 Å². The van der Waals surface area contributed by atoms with Crippen LogP contribution in [0.25, 0.3) is 0 Å². The molecular formula is C7H14N2O4. The van der Waals surface area contributed by atoms with Crippen molar-refractivity contribution in [1.82, 2.24) is 0 Å². The first-order chi connectivity index (χ1) is 6.01. The maximum Gasteiger partial charge on any atom is 0.458 e. The molecule has 0 fully saturated rings. The molecule has 0 radical (unpaired) electrons. The SMILES string of the molecule is CCCC(CCC)([N+](=O)[O-])[N+](=O)[O-]. The van der Waals surface area contributed by atoms with Crippen LogP contribution in [0.3, 0.4) is 0 Å². The average Bonchev–Trinajstić information content (AvgIpc) is 2.03. The van der Waals surface area contributed by atoms with E-state index in [0.29, 0.717) is 12.8 Å². The monoisotopic (exact) mass is 190 g/mol. The molecule has 76 valence electrons. The van der Waals surface area contributed by atoms with Gasteiger partial charge in [-0.2, -0.15) is 0 Å². The van der Waals surface area contributed by atoms with Gasteiger partial charge in [0.1, 0.15) is 0 Å². The second-order valence-electron chi connectivity index (χ2n) is 3.00. The molecule has 0 aromatic carbocycles. The van der Waals surface area contributed by atoms with Crippen LogP contribution in [0.4, 0.5) is 0 Å². The highest BCUT2D eigenvalue weighted by Crippen LogP contribution is 2.23. The van der Waals surface area contributed by atoms with E-state index in [1.807, 2.05) is 0 Å². The van der Waals surface area contributed by atoms with Crippen LogP contribution in [0.1, 0.15) is 39.5 Å². The van der Waals surface area contributed by atoms with Crippen LogP contribution in [-0.4, -0.2) is 15.5 Å². The van der Waals surface area contributed by atoms with Crippen molar-refractivity contribution < 1.29 is 9.85 Å². The summed E-state index contributed by atoms with van der Waals surface area (Å²) in [5.74, 6) is 0. The highest BCUT2D eigenvalue weighted by atomic mass is 16.7. The van der Waals surface area contributed by atoms with E-state index in [1.54, 1.807) is 13.8 Å². The number of nitrogens with zero attached hydrogens (tertiary/aromatic N) is 2. The van der Waals surface area contributed by atoms with Gasteiger partial charge in [0.05, 0.1) is 22.7 Å². The smallest absolute Gasteiger partial charge is 0.258 e. The van der Waals surface area contributed by atoms with Crippen molar-refractivity contribution >= 4 is 0 Å². The minimum atomic E-state index is -1.95. The minimum Gasteiger partial charge on any atom is -0.258 e. The molecule has 6 heteroatoms. The predicted molar refractivity (Wildman–Crippen MR) is 46.5 cm³/mol. The molecule has 0 rings (SSSR count). The van der Waals surface area contributed by atoms with Gasteiger partial charge >= 0.3 is 5.66 Å². The van der Waals surface area contributed by atoms with Crippen molar-refractivity contribution in [3.8, 4) is 0 Å². The average molecular weight is 190 g/mol. The lowest BCUT2D eigenvalue weighted by molar-refractivity contribution is -0.799. The number of hydrogen-bond acceptors (Lipinski definition) is 4. The summed E-state index contributed by atoms with van der Waals surface area (Å²) in [4.78, 5) is 19.7. The molecule has 0 heterocycles. The molecule has 0 spiro atoms. The van der Waals surface area contributed by atoms with Crippen LogP contribution < -0.4 is 0 Å². The van der Waals surface area contributed by atoms with E-state index in [9.17, 15) is 20.2 Å². The second-order valence-corrected chi connectivity index (χ2v) is 3.00. The Labute approximate surface area is 76.2 Å². The molecule has 0 saturated carbocycles. The molecule has 0 saturated heterocycles. The quantitative estimate of drug-likeness (QED) is 0.363. The first-order valence-corrected chi connectivity index (χ1v) is 4.30. The van der Waals surface area contributed by atoms with E-state index in [0.717, 1.165) is 0 Å². The van der Waals surface area contributed by atoms with E-state index in [-0.39, 0.29) is 12.8 Å². The Hall–Kier alpha value is -1.20. The molecule has 0 bridgehead atoms. The first kappa shape index (κ1) is 11.8. The van der Waals surface area contributed by atoms with E-state index in [2.05, 4.69) is 0 Å². The third-order valence-corrected chi connectivity index (χ3v) is 1.98. The Morgan fingerprint density at radius 2 is 1.31 bits per heavy atom. The zero-order valence-electron chi connectivity index (χ0n) is 7.86. The zero-order valence-corrected chi connectivity index (χ0v) is 7.86. The van der Waals surface area contributed by atoms with Gasteiger partial charge in [-0.25, -0.2) is 0 Å². The fraction of sp³-hybridized carbons (Fsp3) is 1.00. The van der Waals surface area contributed by atoms with Crippen LogP contribution in [0.5, 0.6) is 0 Å². The third-order valence-electron chi connectivity index (χ3n) is 1.98. The molecule has 0 aliphatic carbocycles. The summed E-state index contributed by atoms with van der Waals surface area (Å²) in [6, 6.07) is 0. The molecule has 0 aromatic rings. The van der Waals surface area contributed by atoms with Crippen molar-refractivity contribution in [3.05, 3.63) is 20.2 Å². The Morgan fingerprint density at radius 3 is 1.46 bits per heavy atom. The van der Waals surface area contributed by atoms with Gasteiger partial charge in [0.15, 0.2) is 0 Å². The Morgan fingerprint density at radius 1 is 1.00 bits per heavy atom. The Bertz CT molecular complexity index is 183. The molecule has 6 nitrogen and oxygen atoms in total. The van der Waals surface area contributed by atoms with Crippen LogP contribution in [0.2, 0.25) is 0 Å². The van der Waals surface area contributed by atoms with Crippen molar-refractivity contribution in [2.45, 2.75) is 45.2 Å². The van der Waals surface area contributed by atoms with Crippen LogP contribution in [0.15, 0.2) is 0 Å². The van der Waals surface area contributed by atoms with Gasteiger partial charge < -0.3 is 0 Å². The molecule has 0 aliphatic rings. The van der Waals surface area contributed by atoms with Gasteiger partial charge in [0, 0.05) is 0 Å². The Kier molecular flexibility index (Phi) is 4.30. The number of hydrogen-bond donors (Lipinski definition) is 0. The molecule has 0 aliphatic heterocycles. The van der Waals surface area contributed by atoms with Crippen molar-refractivity contribution in [3.63, 3.8) is 0 Å². The number of rotatable bonds is 6. The van der Waals surface area contributed by atoms with Gasteiger partial charge in [-0.05, 0) is 12.8 Å². The van der Waals surface area contributed by atoms with Crippen molar-refractivity contribution in [2.24, 2.45) is 0 Å². The summed E-state index contributed by atoms with van der Waals surface area (Å²) in [5, 5.41) is 21.2. The van der Waals surface area contributed by atoms with E-state index >= 15 is 0 Å². The lowest BCUT2D eigenvalue weighted by Gasteiger charge is -2.15. The summed E-state index contributed by atoms with van der Waals surface area (Å²) in [6.07, 6.45) is 0.894. The fourth-order valence-electron chi connectivity index (χ4n) is 1.36. The van der Waals surface area contributed by atoms with Crippen LogP contribution >= 0.6 is 0 Å². The largest absolute Gasteiger partial charge is 0.458 e. The maximum absolute atomic E-state index is 10.6. The standard InChI is InChI=1S/C7H14N2O4/c1-3-5-7(6-4-2,8(10)11)9(12)13/h3-6H2,1-2H3. The fourth-order valence-corrected chi connectivity index (χ4v) is 1.36. The highest BCUT2D eigenvalue weighted by molar-refractivity contribution is 4.65. The summed E-state index contributed by atoms with van der Waals surface area (Å²) < 4.78 is 0. The summed E-state index contributed by atoms with van der Waals surface area (Å²) >= 11 is 0. The highest BCUT2D eigenvalue weighted by Gasteiger charge is 2.53. The van der Waals surface area contributed by atoms with Crippen molar-refractivity contribution in [1.29, 1.82) is 0 Å². The van der Waals surface area contributed by atoms with E-state index in [4.69, 9.17) is 0 Å². The summed E-state index contributed by atoms with van der Waals surface area (Å²) in [7, 11) is 0. The molecular weight excluding hydrogens is 176 g/mol. The molecule has 0 amide bonds. The minimum absolute atomic E-state index is 0.000833. The lowest BCUT2D eigenvalue weighted by Crippen LogP contribution is -2.46. The molecule has 13 heavy (non-hydrogen) atoms. The third kappa shape index (κ3) is 2.37. The second kappa shape index (κ2) is 4.74. The van der Waals surface area contributed by atoms with E-state index < -0.39 is 15.5 Å². The summed E-state index contributed by atoms with van der Waals surface area (Å²) in [5.41, 5.74) is -1.95. The van der Waals surface area contributed by atoms with Gasteiger partial charge in [-0.1, -0.05) is 13.8 Å². The lowest BCUT2D eigenvalue weighted by atomic mass is 10.0. The zero-order chi connectivity index (χ0) is 10.5.